The van der Waals surface area contributed by atoms with E-state index in [0.717, 1.165) is 0 Å². The lowest BCUT2D eigenvalue weighted by Crippen LogP contribution is -2.61. The van der Waals surface area contributed by atoms with Crippen LogP contribution in [0.2, 0.25) is 0 Å². The van der Waals surface area contributed by atoms with Crippen molar-refractivity contribution in [3.05, 3.63) is 89.5 Å². The van der Waals surface area contributed by atoms with Gasteiger partial charge in [0.15, 0.2) is 0 Å². The van der Waals surface area contributed by atoms with Crippen LogP contribution >= 0.6 is 0 Å². The molecule has 0 heterocycles. The van der Waals surface area contributed by atoms with Crippen LogP contribution in [0.1, 0.15) is 92.5 Å². The van der Waals surface area contributed by atoms with E-state index in [1.807, 2.05) is 13.8 Å². The van der Waals surface area contributed by atoms with E-state index in [0.29, 0.717) is 42.7 Å². The van der Waals surface area contributed by atoms with Crippen LogP contribution in [0.5, 0.6) is 11.5 Å². The lowest BCUT2D eigenvalue weighted by Gasteiger charge is -2.46. The van der Waals surface area contributed by atoms with E-state index in [9.17, 15) is 56.9 Å². The number of benzene rings is 3. The molecule has 0 saturated heterocycles. The number of ether oxygens (including phenoxy) is 4. The Morgan fingerprint density at radius 2 is 1.25 bits per heavy atom. The van der Waals surface area contributed by atoms with Crippen LogP contribution < -0.4 is 20.1 Å². The van der Waals surface area contributed by atoms with Crippen molar-refractivity contribution in [2.24, 2.45) is 29.6 Å². The number of nitrogens with one attached hydrogen (secondary N) is 2. The summed E-state index contributed by atoms with van der Waals surface area (Å²) in [4.78, 5) is 88.2. The van der Waals surface area contributed by atoms with Gasteiger partial charge in [0.1, 0.15) is 17.3 Å². The molecule has 1 fully saturated rings. The van der Waals surface area contributed by atoms with Crippen molar-refractivity contribution in [3.8, 4) is 11.5 Å². The lowest BCUT2D eigenvalue weighted by atomic mass is 9.53. The number of ketones is 1. The summed E-state index contributed by atoms with van der Waals surface area (Å²) >= 11 is 0. The Labute approximate surface area is 373 Å². The fourth-order valence-corrected chi connectivity index (χ4v) is 7.04. The quantitative estimate of drug-likeness (QED) is 0.0288. The summed E-state index contributed by atoms with van der Waals surface area (Å²) < 4.78 is 58.2. The standard InChI is InChI=1S/C47H53F3N2O13/c1-27(2)41(54)37-39(43(56)57)38(40(37)44(58)59)42(55)52-33-25-31(24-32(26-33)51-28(3)4)45(60)64-22-8-6-5-7-21-63-36(53)19-12-29-10-15-35(16-11-29)65-46(61)30-13-17-34(18-14-30)62-23-9-20-47(48,49)50/h10-19,24-28,37-40,51H,5-9,20-23H2,1-4H3,(H,52,55)(H,56,57)(H,58,59)/b19-12+. The largest absolute Gasteiger partial charge is 0.494 e. The summed E-state index contributed by atoms with van der Waals surface area (Å²) in [5.41, 5.74) is 1.46. The number of rotatable bonds is 24. The van der Waals surface area contributed by atoms with Crippen LogP contribution in [-0.2, 0) is 33.4 Å². The third-order valence-electron chi connectivity index (χ3n) is 10.2. The van der Waals surface area contributed by atoms with Crippen LogP contribution in [0, 0.1) is 29.6 Å². The van der Waals surface area contributed by atoms with Crippen LogP contribution in [0.15, 0.2) is 72.8 Å². The van der Waals surface area contributed by atoms with Gasteiger partial charge in [-0.25, -0.2) is 14.4 Å². The molecule has 3 aromatic carbocycles. The fourth-order valence-electron chi connectivity index (χ4n) is 7.04. The van der Waals surface area contributed by atoms with Crippen molar-refractivity contribution in [1.29, 1.82) is 0 Å². The van der Waals surface area contributed by atoms with E-state index in [4.69, 9.17) is 18.9 Å². The second-order valence-electron chi connectivity index (χ2n) is 16.0. The minimum Gasteiger partial charge on any atom is -0.494 e. The maximum absolute atomic E-state index is 13.4. The van der Waals surface area contributed by atoms with Crippen molar-refractivity contribution in [1.82, 2.24) is 0 Å². The molecule has 15 nitrogen and oxygen atoms in total. The van der Waals surface area contributed by atoms with Gasteiger partial charge in [-0.3, -0.25) is 19.2 Å². The Kier molecular flexibility index (Phi) is 18.7. The number of amides is 1. The number of hydrogen-bond acceptors (Lipinski definition) is 12. The predicted molar refractivity (Wildman–Crippen MR) is 230 cm³/mol. The Morgan fingerprint density at radius 1 is 0.662 bits per heavy atom. The minimum atomic E-state index is -4.25. The highest BCUT2D eigenvalue weighted by atomic mass is 19.4. The highest BCUT2D eigenvalue weighted by Gasteiger charge is 2.63. The smallest absolute Gasteiger partial charge is 0.389 e. The summed E-state index contributed by atoms with van der Waals surface area (Å²) in [6.45, 7) is 6.88. The second kappa shape index (κ2) is 23.8. The zero-order valence-corrected chi connectivity index (χ0v) is 36.4. The molecule has 0 aliphatic heterocycles. The van der Waals surface area contributed by atoms with Gasteiger partial charge in [0.25, 0.3) is 0 Å². The average molecular weight is 911 g/mol. The summed E-state index contributed by atoms with van der Waals surface area (Å²) in [7, 11) is 0. The molecular formula is C47H53F3N2O13. The molecule has 3 aromatic rings. The van der Waals surface area contributed by atoms with Crippen molar-refractivity contribution >= 4 is 59.0 Å². The molecule has 1 aliphatic carbocycles. The van der Waals surface area contributed by atoms with Crippen LogP contribution in [0.3, 0.4) is 0 Å². The highest BCUT2D eigenvalue weighted by Crippen LogP contribution is 2.49. The third kappa shape index (κ3) is 15.8. The molecule has 1 amide bonds. The summed E-state index contributed by atoms with van der Waals surface area (Å²) in [5, 5.41) is 25.4. The Hall–Kier alpha value is -6.72. The normalized spacial score (nSPS) is 16.9. The molecule has 0 spiro atoms. The summed E-state index contributed by atoms with van der Waals surface area (Å²) in [6, 6.07) is 16.4. The van der Waals surface area contributed by atoms with Gasteiger partial charge in [-0.2, -0.15) is 13.2 Å². The van der Waals surface area contributed by atoms with E-state index < -0.39 is 83.7 Å². The highest BCUT2D eigenvalue weighted by molar-refractivity contribution is 6.05. The van der Waals surface area contributed by atoms with Crippen molar-refractivity contribution < 1.29 is 75.9 Å². The number of carbonyl (C=O) groups is 7. The van der Waals surface area contributed by atoms with Gasteiger partial charge in [-0.15, -0.1) is 0 Å². The number of alkyl halides is 3. The number of anilines is 2. The van der Waals surface area contributed by atoms with E-state index in [1.54, 1.807) is 24.3 Å². The first-order valence-corrected chi connectivity index (χ1v) is 21.1. The number of carboxylic acid groups (broad SMARTS) is 2. The van der Waals surface area contributed by atoms with E-state index >= 15 is 0 Å². The Bertz CT molecular complexity index is 2170. The van der Waals surface area contributed by atoms with Gasteiger partial charge in [-0.05, 0) is 112 Å². The van der Waals surface area contributed by atoms with E-state index in [1.165, 1.54) is 68.5 Å². The maximum Gasteiger partial charge on any atom is 0.389 e. The zero-order valence-electron chi connectivity index (χ0n) is 36.4. The maximum atomic E-state index is 13.4. The predicted octanol–water partition coefficient (Wildman–Crippen LogP) is 8.23. The van der Waals surface area contributed by atoms with Gasteiger partial charge in [-0.1, -0.05) is 26.0 Å². The van der Waals surface area contributed by atoms with Gasteiger partial charge < -0.3 is 39.8 Å². The number of halogens is 3. The third-order valence-corrected chi connectivity index (χ3v) is 10.2. The Balaban J connectivity index is 1.17. The number of hydrogen-bond donors (Lipinski definition) is 4. The molecule has 0 bridgehead atoms. The SMILES string of the molecule is CC(C)Nc1cc(NC(=O)C2C(C(=O)O)C(C(=O)C(C)C)C2C(=O)O)cc(C(=O)OCCCCCCOC(=O)/C=C/c2ccc(OC(=O)c3ccc(OCCCC(F)(F)F)cc3)cc2)c1. The molecule has 0 radical (unpaired) electrons. The van der Waals surface area contributed by atoms with Gasteiger partial charge in [0.05, 0.1) is 48.7 Å². The monoisotopic (exact) mass is 910 g/mol. The molecule has 65 heavy (non-hydrogen) atoms. The second-order valence-corrected chi connectivity index (χ2v) is 16.0. The first-order chi connectivity index (χ1) is 30.7. The van der Waals surface area contributed by atoms with Gasteiger partial charge in [0, 0.05) is 41.7 Å². The van der Waals surface area contributed by atoms with Gasteiger partial charge >= 0.3 is 36.0 Å². The molecular weight excluding hydrogens is 858 g/mol. The van der Waals surface area contributed by atoms with Crippen LogP contribution in [-0.4, -0.2) is 83.8 Å². The van der Waals surface area contributed by atoms with Crippen LogP contribution in [0.25, 0.3) is 6.08 Å². The molecule has 350 valence electrons. The van der Waals surface area contributed by atoms with Crippen molar-refractivity contribution in [2.45, 2.75) is 78.4 Å². The molecule has 0 aromatic heterocycles. The van der Waals surface area contributed by atoms with E-state index in [2.05, 4.69) is 10.6 Å². The summed E-state index contributed by atoms with van der Waals surface area (Å²) in [6.07, 6.45) is -0.221. The number of carboxylic acids is 2. The number of carbonyl (C=O) groups excluding carboxylic acids is 5. The van der Waals surface area contributed by atoms with Gasteiger partial charge in [0.2, 0.25) is 5.91 Å². The number of Topliss-reactive ketones (excluding diaryl/α,β-unsaturated/α-hetero) is 1. The van der Waals surface area contributed by atoms with E-state index in [-0.39, 0.29) is 54.8 Å². The Morgan fingerprint density at radius 3 is 1.82 bits per heavy atom. The average Bonchev–Trinajstić information content (AvgIpc) is 3.21. The topological polar surface area (TPSA) is 221 Å². The molecule has 4 N–H and O–H groups in total. The van der Waals surface area contributed by atoms with Crippen molar-refractivity contribution in [3.63, 3.8) is 0 Å². The molecule has 1 aliphatic rings. The number of esters is 3. The molecule has 4 rings (SSSR count). The zero-order chi connectivity index (χ0) is 47.8. The fraction of sp³-hybridized carbons (Fsp3) is 0.426. The number of unbranched alkanes of at least 4 members (excludes halogenated alkanes) is 3. The lowest BCUT2D eigenvalue weighted by molar-refractivity contribution is -0.180. The van der Waals surface area contributed by atoms with Crippen LogP contribution in [0.4, 0.5) is 24.5 Å². The molecule has 18 heteroatoms. The number of aliphatic carboxylic acids is 2. The molecule has 2 atom stereocenters. The van der Waals surface area contributed by atoms with Crippen molar-refractivity contribution in [2.75, 3.05) is 30.5 Å². The molecule has 1 saturated carbocycles. The molecule has 2 unspecified atom stereocenters. The first-order valence-electron chi connectivity index (χ1n) is 21.1. The minimum absolute atomic E-state index is 0.0681. The first kappa shape index (κ1) is 50.9. The summed E-state index contributed by atoms with van der Waals surface area (Å²) in [5.74, 6) is -12.3.